The van der Waals surface area contributed by atoms with Crippen LogP contribution in [0, 0.1) is 6.92 Å². The molecule has 0 saturated heterocycles. The number of carbonyl (C=O) groups excluding carboxylic acids is 1. The van der Waals surface area contributed by atoms with Crippen molar-refractivity contribution in [3.63, 3.8) is 0 Å². The van der Waals surface area contributed by atoms with Crippen molar-refractivity contribution in [2.45, 2.75) is 20.3 Å². The highest BCUT2D eigenvalue weighted by Crippen LogP contribution is 2.11. The molecule has 2 rings (SSSR count). The SMILES string of the molecule is CCCNc1cc(C(=O)Nc2ncccn2)cc(C)n1. The van der Waals surface area contributed by atoms with E-state index in [4.69, 9.17) is 0 Å². The molecule has 0 aliphatic carbocycles. The van der Waals surface area contributed by atoms with Gasteiger partial charge in [0, 0.05) is 30.2 Å². The van der Waals surface area contributed by atoms with Gasteiger partial charge in [0.05, 0.1) is 0 Å². The van der Waals surface area contributed by atoms with Crippen LogP contribution in [0.2, 0.25) is 0 Å². The third-order valence-electron chi connectivity index (χ3n) is 2.56. The predicted molar refractivity (Wildman–Crippen MR) is 77.7 cm³/mol. The molecule has 0 aromatic carbocycles. The third kappa shape index (κ3) is 3.74. The molecule has 0 aliphatic heterocycles. The first-order valence-electron chi connectivity index (χ1n) is 6.50. The molecule has 2 heterocycles. The Morgan fingerprint density at radius 3 is 2.70 bits per heavy atom. The molecule has 104 valence electrons. The molecule has 2 aromatic rings. The number of rotatable bonds is 5. The zero-order valence-electron chi connectivity index (χ0n) is 11.6. The predicted octanol–water partition coefficient (Wildman–Crippen LogP) is 2.25. The minimum absolute atomic E-state index is 0.249. The molecular formula is C14H17N5O. The normalized spacial score (nSPS) is 10.1. The van der Waals surface area contributed by atoms with E-state index in [9.17, 15) is 4.79 Å². The van der Waals surface area contributed by atoms with Gasteiger partial charge in [-0.3, -0.25) is 10.1 Å². The van der Waals surface area contributed by atoms with Crippen LogP contribution in [0.5, 0.6) is 0 Å². The Balaban J connectivity index is 2.15. The van der Waals surface area contributed by atoms with Gasteiger partial charge in [0.25, 0.3) is 5.91 Å². The minimum atomic E-state index is -0.249. The summed E-state index contributed by atoms with van der Waals surface area (Å²) in [5.74, 6) is 0.738. The summed E-state index contributed by atoms with van der Waals surface area (Å²) in [4.78, 5) is 24.4. The van der Waals surface area contributed by atoms with Crippen molar-refractivity contribution >= 4 is 17.7 Å². The van der Waals surface area contributed by atoms with E-state index in [1.165, 1.54) is 0 Å². The standard InChI is InChI=1S/C14H17N5O/c1-3-5-15-12-9-11(8-10(2)18-12)13(20)19-14-16-6-4-7-17-14/h4,6-9H,3,5H2,1-2H3,(H,15,18)(H,16,17,19,20). The van der Waals surface area contributed by atoms with Crippen molar-refractivity contribution in [3.05, 3.63) is 41.9 Å². The molecule has 0 unspecified atom stereocenters. The van der Waals surface area contributed by atoms with Gasteiger partial charge in [0.15, 0.2) is 0 Å². The number of aryl methyl sites for hydroxylation is 1. The van der Waals surface area contributed by atoms with E-state index < -0.39 is 0 Å². The minimum Gasteiger partial charge on any atom is -0.370 e. The van der Waals surface area contributed by atoms with E-state index in [-0.39, 0.29) is 11.9 Å². The van der Waals surface area contributed by atoms with Gasteiger partial charge in [0.2, 0.25) is 5.95 Å². The van der Waals surface area contributed by atoms with Gasteiger partial charge in [-0.15, -0.1) is 0 Å². The van der Waals surface area contributed by atoms with E-state index in [2.05, 4.69) is 32.5 Å². The molecule has 1 amide bonds. The maximum atomic E-state index is 12.1. The summed E-state index contributed by atoms with van der Waals surface area (Å²) in [6.07, 6.45) is 4.15. The molecular weight excluding hydrogens is 254 g/mol. The number of hydrogen-bond donors (Lipinski definition) is 2. The quantitative estimate of drug-likeness (QED) is 0.872. The molecule has 20 heavy (non-hydrogen) atoms. The summed E-state index contributed by atoms with van der Waals surface area (Å²) in [5, 5.41) is 5.82. The number of amides is 1. The van der Waals surface area contributed by atoms with Gasteiger partial charge < -0.3 is 5.32 Å². The molecule has 0 radical (unpaired) electrons. The second-order valence-electron chi connectivity index (χ2n) is 4.34. The van der Waals surface area contributed by atoms with Gasteiger partial charge in [-0.25, -0.2) is 15.0 Å². The highest BCUT2D eigenvalue weighted by Gasteiger charge is 2.10. The fraction of sp³-hybridized carbons (Fsp3) is 0.286. The van der Waals surface area contributed by atoms with Crippen molar-refractivity contribution in [2.24, 2.45) is 0 Å². The lowest BCUT2D eigenvalue weighted by molar-refractivity contribution is 0.102. The van der Waals surface area contributed by atoms with Gasteiger partial charge >= 0.3 is 0 Å². The van der Waals surface area contributed by atoms with Crippen LogP contribution < -0.4 is 10.6 Å². The lowest BCUT2D eigenvalue weighted by Crippen LogP contribution is -2.15. The Morgan fingerprint density at radius 1 is 1.25 bits per heavy atom. The van der Waals surface area contributed by atoms with Crippen molar-refractivity contribution < 1.29 is 4.79 Å². The molecule has 0 atom stereocenters. The van der Waals surface area contributed by atoms with Crippen molar-refractivity contribution in [3.8, 4) is 0 Å². The van der Waals surface area contributed by atoms with E-state index in [0.29, 0.717) is 11.4 Å². The maximum absolute atomic E-state index is 12.1. The Labute approximate surface area is 117 Å². The van der Waals surface area contributed by atoms with E-state index in [1.54, 1.807) is 30.6 Å². The molecule has 0 aliphatic rings. The zero-order valence-corrected chi connectivity index (χ0v) is 11.6. The largest absolute Gasteiger partial charge is 0.370 e. The van der Waals surface area contributed by atoms with Crippen LogP contribution in [0.3, 0.4) is 0 Å². The Bertz CT molecular complexity index is 585. The second kappa shape index (κ2) is 6.60. The summed E-state index contributed by atoms with van der Waals surface area (Å²) in [5.41, 5.74) is 1.31. The first-order valence-corrected chi connectivity index (χ1v) is 6.50. The van der Waals surface area contributed by atoms with Crippen LogP contribution in [-0.2, 0) is 0 Å². The van der Waals surface area contributed by atoms with Crippen LogP contribution in [-0.4, -0.2) is 27.4 Å². The van der Waals surface area contributed by atoms with Gasteiger partial charge in [0.1, 0.15) is 5.82 Å². The van der Waals surface area contributed by atoms with E-state index >= 15 is 0 Å². The molecule has 0 fully saturated rings. The zero-order chi connectivity index (χ0) is 14.4. The lowest BCUT2D eigenvalue weighted by Gasteiger charge is -2.08. The average molecular weight is 271 g/mol. The number of aromatic nitrogens is 3. The second-order valence-corrected chi connectivity index (χ2v) is 4.34. The van der Waals surface area contributed by atoms with Crippen LogP contribution in [0.15, 0.2) is 30.6 Å². The summed E-state index contributed by atoms with van der Waals surface area (Å²) < 4.78 is 0. The maximum Gasteiger partial charge on any atom is 0.258 e. The molecule has 6 heteroatoms. The Kier molecular flexibility index (Phi) is 4.60. The summed E-state index contributed by atoms with van der Waals surface area (Å²) in [6.45, 7) is 4.75. The summed E-state index contributed by atoms with van der Waals surface area (Å²) in [7, 11) is 0. The fourth-order valence-electron chi connectivity index (χ4n) is 1.68. The number of carbonyl (C=O) groups is 1. The highest BCUT2D eigenvalue weighted by molar-refractivity contribution is 6.03. The monoisotopic (exact) mass is 271 g/mol. The molecule has 0 spiro atoms. The Morgan fingerprint density at radius 2 is 2.00 bits per heavy atom. The van der Waals surface area contributed by atoms with Crippen molar-refractivity contribution in [1.29, 1.82) is 0 Å². The first-order chi connectivity index (χ1) is 9.69. The number of nitrogens with zero attached hydrogens (tertiary/aromatic N) is 3. The Hall–Kier alpha value is -2.50. The third-order valence-corrected chi connectivity index (χ3v) is 2.56. The molecule has 0 saturated carbocycles. The van der Waals surface area contributed by atoms with Crippen LogP contribution in [0.25, 0.3) is 0 Å². The molecule has 0 bridgehead atoms. The van der Waals surface area contributed by atoms with E-state index in [1.807, 2.05) is 6.92 Å². The smallest absolute Gasteiger partial charge is 0.258 e. The highest BCUT2D eigenvalue weighted by atomic mass is 16.1. The summed E-state index contributed by atoms with van der Waals surface area (Å²) >= 11 is 0. The molecule has 2 aromatic heterocycles. The van der Waals surface area contributed by atoms with Crippen LogP contribution in [0.1, 0.15) is 29.4 Å². The summed E-state index contributed by atoms with van der Waals surface area (Å²) in [6, 6.07) is 5.15. The van der Waals surface area contributed by atoms with Gasteiger partial charge in [-0.2, -0.15) is 0 Å². The number of nitrogens with one attached hydrogen (secondary N) is 2. The van der Waals surface area contributed by atoms with E-state index in [0.717, 1.165) is 18.7 Å². The average Bonchev–Trinajstić information content (AvgIpc) is 2.45. The topological polar surface area (TPSA) is 79.8 Å². The molecule has 2 N–H and O–H groups in total. The van der Waals surface area contributed by atoms with Crippen LogP contribution >= 0.6 is 0 Å². The van der Waals surface area contributed by atoms with Crippen LogP contribution in [0.4, 0.5) is 11.8 Å². The molecule has 6 nitrogen and oxygen atoms in total. The van der Waals surface area contributed by atoms with Gasteiger partial charge in [-0.1, -0.05) is 6.92 Å². The number of pyridine rings is 1. The first kappa shape index (κ1) is 13.9. The van der Waals surface area contributed by atoms with Crippen molar-refractivity contribution in [2.75, 3.05) is 17.2 Å². The fourth-order valence-corrected chi connectivity index (χ4v) is 1.68. The number of hydrogen-bond acceptors (Lipinski definition) is 5. The van der Waals surface area contributed by atoms with Gasteiger partial charge in [-0.05, 0) is 31.5 Å². The van der Waals surface area contributed by atoms with Crippen molar-refractivity contribution in [1.82, 2.24) is 15.0 Å². The lowest BCUT2D eigenvalue weighted by atomic mass is 10.2. The number of anilines is 2.